The van der Waals surface area contributed by atoms with Gasteiger partial charge in [0.05, 0.1) is 0 Å². The van der Waals surface area contributed by atoms with E-state index in [1.807, 2.05) is 24.7 Å². The number of rotatable bonds is 0. The number of aromatic nitrogens is 3. The predicted octanol–water partition coefficient (Wildman–Crippen LogP) is 1.59. The first kappa shape index (κ1) is 7.28. The highest BCUT2D eigenvalue weighted by Gasteiger charge is 2.03. The second kappa shape index (κ2) is 2.30. The van der Waals surface area contributed by atoms with Crippen molar-refractivity contribution in [1.82, 2.24) is 14.5 Å². The van der Waals surface area contributed by atoms with Crippen molar-refractivity contribution < 1.29 is 0 Å². The maximum absolute atomic E-state index is 4.35. The van der Waals surface area contributed by atoms with Crippen molar-refractivity contribution in [1.29, 1.82) is 0 Å². The number of hydrogen-bond donors (Lipinski definition) is 0. The molecule has 3 heteroatoms. The summed E-state index contributed by atoms with van der Waals surface area (Å²) < 4.78 is 2.03. The Morgan fingerprint density at radius 3 is 2.83 bits per heavy atom. The van der Waals surface area contributed by atoms with Gasteiger partial charge >= 0.3 is 0 Å². The van der Waals surface area contributed by atoms with Crippen LogP contribution in [-0.4, -0.2) is 14.5 Å². The summed E-state index contributed by atoms with van der Waals surface area (Å²) in [6.07, 6.45) is 3.95. The van der Waals surface area contributed by atoms with Gasteiger partial charge in [0, 0.05) is 24.8 Å². The van der Waals surface area contributed by atoms with E-state index in [0.29, 0.717) is 0 Å². The van der Waals surface area contributed by atoms with Crippen molar-refractivity contribution in [3.05, 3.63) is 23.8 Å². The molecule has 0 aliphatic carbocycles. The Morgan fingerprint density at radius 2 is 2.08 bits per heavy atom. The minimum absolute atomic E-state index is 0.823. The first-order valence-electron chi connectivity index (χ1n) is 3.94. The number of aryl methyl sites for hydroxylation is 3. The zero-order valence-corrected chi connectivity index (χ0v) is 7.50. The van der Waals surface area contributed by atoms with E-state index in [1.54, 1.807) is 0 Å². The topological polar surface area (TPSA) is 30.7 Å². The van der Waals surface area contributed by atoms with Crippen LogP contribution in [0.1, 0.15) is 11.4 Å². The molecule has 12 heavy (non-hydrogen) atoms. The summed E-state index contributed by atoms with van der Waals surface area (Å²) in [7, 11) is 2.00. The van der Waals surface area contributed by atoms with Crippen LogP contribution in [0.25, 0.3) is 11.0 Å². The lowest BCUT2D eigenvalue weighted by molar-refractivity contribution is 0.929. The Kier molecular flexibility index (Phi) is 1.40. The Hall–Kier alpha value is -1.38. The third kappa shape index (κ3) is 0.897. The van der Waals surface area contributed by atoms with Gasteiger partial charge in [-0.05, 0) is 19.4 Å². The highest BCUT2D eigenvalue weighted by atomic mass is 15.0. The van der Waals surface area contributed by atoms with Gasteiger partial charge in [-0.15, -0.1) is 0 Å². The molecule has 0 spiro atoms. The number of hydrogen-bond acceptors (Lipinski definition) is 2. The summed E-state index contributed by atoms with van der Waals surface area (Å²) in [4.78, 5) is 8.50. The summed E-state index contributed by atoms with van der Waals surface area (Å²) in [5, 5.41) is 1.14. The first-order chi connectivity index (χ1) is 5.68. The van der Waals surface area contributed by atoms with E-state index in [2.05, 4.69) is 23.1 Å². The van der Waals surface area contributed by atoms with Gasteiger partial charge in [-0.25, -0.2) is 9.97 Å². The molecule has 2 aromatic rings. The van der Waals surface area contributed by atoms with Crippen molar-refractivity contribution in [2.45, 2.75) is 13.8 Å². The van der Waals surface area contributed by atoms with Gasteiger partial charge in [-0.2, -0.15) is 0 Å². The molecule has 3 nitrogen and oxygen atoms in total. The van der Waals surface area contributed by atoms with E-state index in [1.165, 1.54) is 5.56 Å². The zero-order chi connectivity index (χ0) is 8.72. The highest BCUT2D eigenvalue weighted by molar-refractivity contribution is 5.79. The second-order valence-electron chi connectivity index (χ2n) is 3.08. The average molecular weight is 161 g/mol. The van der Waals surface area contributed by atoms with E-state index in [0.717, 1.165) is 16.9 Å². The maximum atomic E-state index is 4.35. The maximum Gasteiger partial charge on any atom is 0.143 e. The molecule has 2 aromatic heterocycles. The molecule has 0 saturated carbocycles. The van der Waals surface area contributed by atoms with Crippen LogP contribution in [0.5, 0.6) is 0 Å². The van der Waals surface area contributed by atoms with Gasteiger partial charge < -0.3 is 4.57 Å². The molecule has 0 amide bonds. The van der Waals surface area contributed by atoms with Crippen LogP contribution in [0.4, 0.5) is 0 Å². The van der Waals surface area contributed by atoms with Crippen LogP contribution >= 0.6 is 0 Å². The predicted molar refractivity (Wildman–Crippen MR) is 48.0 cm³/mol. The van der Waals surface area contributed by atoms with Crippen LogP contribution in [0.2, 0.25) is 0 Å². The molecule has 2 heterocycles. The van der Waals surface area contributed by atoms with Crippen molar-refractivity contribution >= 4 is 11.0 Å². The summed E-state index contributed by atoms with van der Waals surface area (Å²) in [5.41, 5.74) is 2.24. The second-order valence-corrected chi connectivity index (χ2v) is 3.08. The summed E-state index contributed by atoms with van der Waals surface area (Å²) >= 11 is 0. The minimum atomic E-state index is 0.823. The number of fused-ring (bicyclic) bond motifs is 1. The smallest absolute Gasteiger partial charge is 0.143 e. The van der Waals surface area contributed by atoms with Crippen LogP contribution in [0, 0.1) is 13.8 Å². The fourth-order valence-electron chi connectivity index (χ4n) is 1.43. The molecule has 0 fully saturated rings. The van der Waals surface area contributed by atoms with Gasteiger partial charge in [-0.3, -0.25) is 0 Å². The Labute approximate surface area is 71.1 Å². The van der Waals surface area contributed by atoms with Crippen molar-refractivity contribution in [3.8, 4) is 0 Å². The standard InChI is InChI=1S/C9H11N3/c1-6-5-12(3)9-8(6)4-10-7(2)11-9/h4-5H,1-3H3. The van der Waals surface area contributed by atoms with Gasteiger partial charge in [0.1, 0.15) is 11.5 Å². The van der Waals surface area contributed by atoms with Gasteiger partial charge in [0.15, 0.2) is 0 Å². The normalized spacial score (nSPS) is 10.9. The molecule has 0 N–H and O–H groups in total. The lowest BCUT2D eigenvalue weighted by atomic mass is 10.3. The molecule has 62 valence electrons. The first-order valence-corrected chi connectivity index (χ1v) is 3.94. The average Bonchev–Trinajstić information content (AvgIpc) is 2.28. The fraction of sp³-hybridized carbons (Fsp3) is 0.333. The third-order valence-corrected chi connectivity index (χ3v) is 2.04. The molecular weight excluding hydrogens is 150 g/mol. The zero-order valence-electron chi connectivity index (χ0n) is 7.50. The van der Waals surface area contributed by atoms with E-state index in [4.69, 9.17) is 0 Å². The lowest BCUT2D eigenvalue weighted by Crippen LogP contribution is -1.91. The highest BCUT2D eigenvalue weighted by Crippen LogP contribution is 2.16. The Balaban J connectivity index is 2.90. The van der Waals surface area contributed by atoms with Gasteiger partial charge in [-0.1, -0.05) is 0 Å². The molecular formula is C9H11N3. The molecule has 0 bridgehead atoms. The van der Waals surface area contributed by atoms with E-state index < -0.39 is 0 Å². The molecule has 0 aromatic carbocycles. The quantitative estimate of drug-likeness (QED) is 0.587. The molecule has 0 aliphatic rings. The molecule has 0 aliphatic heterocycles. The van der Waals surface area contributed by atoms with Crippen molar-refractivity contribution in [3.63, 3.8) is 0 Å². The number of nitrogens with zero attached hydrogens (tertiary/aromatic N) is 3. The van der Waals surface area contributed by atoms with Crippen LogP contribution in [0.3, 0.4) is 0 Å². The van der Waals surface area contributed by atoms with Crippen molar-refractivity contribution in [2.24, 2.45) is 7.05 Å². The summed E-state index contributed by atoms with van der Waals surface area (Å²) in [5.74, 6) is 0.823. The Morgan fingerprint density at radius 1 is 1.33 bits per heavy atom. The van der Waals surface area contributed by atoms with E-state index in [9.17, 15) is 0 Å². The summed E-state index contributed by atoms with van der Waals surface area (Å²) in [6.45, 7) is 3.97. The SMILES string of the molecule is Cc1ncc2c(C)cn(C)c2n1. The molecule has 0 saturated heterocycles. The molecule has 0 atom stereocenters. The molecule has 2 rings (SSSR count). The largest absolute Gasteiger partial charge is 0.335 e. The molecule has 0 radical (unpaired) electrons. The summed E-state index contributed by atoms with van der Waals surface area (Å²) in [6, 6.07) is 0. The van der Waals surface area contributed by atoms with Gasteiger partial charge in [0.2, 0.25) is 0 Å². The Bertz CT molecular complexity index is 429. The van der Waals surface area contributed by atoms with Crippen LogP contribution in [0.15, 0.2) is 12.4 Å². The fourth-order valence-corrected chi connectivity index (χ4v) is 1.43. The third-order valence-electron chi connectivity index (χ3n) is 2.04. The van der Waals surface area contributed by atoms with Gasteiger partial charge in [0.25, 0.3) is 0 Å². The van der Waals surface area contributed by atoms with Crippen LogP contribution < -0.4 is 0 Å². The monoisotopic (exact) mass is 161 g/mol. The minimum Gasteiger partial charge on any atom is -0.335 e. The lowest BCUT2D eigenvalue weighted by Gasteiger charge is -1.95. The van der Waals surface area contributed by atoms with Crippen LogP contribution in [-0.2, 0) is 7.05 Å². The van der Waals surface area contributed by atoms with Crippen molar-refractivity contribution in [2.75, 3.05) is 0 Å². The van der Waals surface area contributed by atoms with E-state index in [-0.39, 0.29) is 0 Å². The van der Waals surface area contributed by atoms with E-state index >= 15 is 0 Å². The molecule has 0 unspecified atom stereocenters.